The van der Waals surface area contributed by atoms with Gasteiger partial charge in [0.05, 0.1) is 11.2 Å². The van der Waals surface area contributed by atoms with Crippen LogP contribution in [0, 0.1) is 0 Å². The number of aromatic nitrogens is 1. The lowest BCUT2D eigenvalue weighted by atomic mass is 10.1. The van der Waals surface area contributed by atoms with E-state index < -0.39 is 0 Å². The van der Waals surface area contributed by atoms with Crippen LogP contribution in [-0.2, 0) is 0 Å². The zero-order chi connectivity index (χ0) is 22.2. The number of rotatable bonds is 10. The molecule has 0 saturated carbocycles. The van der Waals surface area contributed by atoms with Gasteiger partial charge in [0, 0.05) is 27.2 Å². The van der Waals surface area contributed by atoms with E-state index in [0.717, 1.165) is 58.9 Å². The molecule has 1 aromatic heterocycles. The molecule has 0 amide bonds. The van der Waals surface area contributed by atoms with E-state index in [4.69, 9.17) is 28.2 Å². The highest BCUT2D eigenvalue weighted by atomic mass is 35.5. The van der Waals surface area contributed by atoms with Crippen molar-refractivity contribution >= 4 is 51.9 Å². The molecule has 0 bridgehead atoms. The minimum absolute atomic E-state index is 0.359. The van der Waals surface area contributed by atoms with Crippen molar-refractivity contribution in [3.05, 3.63) is 69.8 Å². The third kappa shape index (κ3) is 6.70. The van der Waals surface area contributed by atoms with Gasteiger partial charge in [0.1, 0.15) is 0 Å². The van der Waals surface area contributed by atoms with E-state index >= 15 is 0 Å². The van der Waals surface area contributed by atoms with E-state index in [1.165, 1.54) is 6.42 Å². The summed E-state index contributed by atoms with van der Waals surface area (Å²) in [4.78, 5) is 7.26. The van der Waals surface area contributed by atoms with Crippen molar-refractivity contribution in [2.24, 2.45) is 0 Å². The first-order valence-electron chi connectivity index (χ1n) is 11.0. The fourth-order valence-electron chi connectivity index (χ4n) is 3.71. The molecule has 0 unspecified atom stereocenters. The summed E-state index contributed by atoms with van der Waals surface area (Å²) in [6.07, 6.45) is 6.28. The maximum absolute atomic E-state index is 6.29. The molecule has 0 aliphatic rings. The van der Waals surface area contributed by atoms with E-state index in [1.54, 1.807) is 0 Å². The average Bonchev–Trinajstić information content (AvgIpc) is 2.76. The highest BCUT2D eigenvalue weighted by Crippen LogP contribution is 2.28. The van der Waals surface area contributed by atoms with Crippen molar-refractivity contribution in [2.75, 3.05) is 25.0 Å². The molecular formula is C26H31Cl2N3. The van der Waals surface area contributed by atoms with E-state index in [9.17, 15) is 0 Å². The molecule has 1 heterocycles. The largest absolute Gasteiger partial charge is 0.382 e. The molecular weight excluding hydrogens is 425 g/mol. The first kappa shape index (κ1) is 23.6. The standard InChI is InChI=1S/C26H31Cl2N3/c1-4-31(5-2)16-8-9-19(3)29-26-18-22(14-12-20-10-6-7-11-24(20)28)30-25-17-21(27)13-15-23(25)26/h6-7,10-15,17-19H,4-5,8-9,16H2,1-3H3,(H,29,30)/b14-12+/t19-/m0/s1. The van der Waals surface area contributed by atoms with E-state index in [1.807, 2.05) is 54.6 Å². The topological polar surface area (TPSA) is 28.2 Å². The number of halogens is 2. The van der Waals surface area contributed by atoms with Crippen LogP contribution in [-0.4, -0.2) is 35.6 Å². The Morgan fingerprint density at radius 2 is 1.81 bits per heavy atom. The molecule has 164 valence electrons. The Morgan fingerprint density at radius 3 is 2.55 bits per heavy atom. The number of nitrogens with one attached hydrogen (secondary N) is 1. The normalized spacial score (nSPS) is 12.7. The molecule has 0 aliphatic carbocycles. The summed E-state index contributed by atoms with van der Waals surface area (Å²) in [6.45, 7) is 10.0. The highest BCUT2D eigenvalue weighted by Gasteiger charge is 2.10. The van der Waals surface area contributed by atoms with E-state index in [2.05, 4.69) is 37.1 Å². The van der Waals surface area contributed by atoms with Crippen molar-refractivity contribution in [3.63, 3.8) is 0 Å². The molecule has 3 nitrogen and oxygen atoms in total. The molecule has 0 radical (unpaired) electrons. The summed E-state index contributed by atoms with van der Waals surface area (Å²) in [5.41, 5.74) is 3.80. The van der Waals surface area contributed by atoms with Crippen LogP contribution in [0.4, 0.5) is 5.69 Å². The van der Waals surface area contributed by atoms with Crippen LogP contribution in [0.25, 0.3) is 23.1 Å². The maximum atomic E-state index is 6.29. The summed E-state index contributed by atoms with van der Waals surface area (Å²) in [5, 5.41) is 6.19. The summed E-state index contributed by atoms with van der Waals surface area (Å²) >= 11 is 12.5. The number of nitrogens with zero attached hydrogens (tertiary/aromatic N) is 2. The second-order valence-electron chi connectivity index (χ2n) is 7.83. The summed E-state index contributed by atoms with van der Waals surface area (Å²) in [5.74, 6) is 0. The van der Waals surface area contributed by atoms with Crippen LogP contribution in [0.1, 0.15) is 44.9 Å². The predicted octanol–water partition coefficient (Wildman–Crippen LogP) is 7.63. The van der Waals surface area contributed by atoms with Crippen LogP contribution in [0.3, 0.4) is 0 Å². The molecule has 3 rings (SSSR count). The van der Waals surface area contributed by atoms with Crippen molar-refractivity contribution in [2.45, 2.75) is 39.7 Å². The lowest BCUT2D eigenvalue weighted by Crippen LogP contribution is -2.25. The molecule has 1 N–H and O–H groups in total. The summed E-state index contributed by atoms with van der Waals surface area (Å²) < 4.78 is 0. The van der Waals surface area contributed by atoms with Crippen LogP contribution in [0.5, 0.6) is 0 Å². The number of fused-ring (bicyclic) bond motifs is 1. The third-order valence-electron chi connectivity index (χ3n) is 5.54. The number of benzene rings is 2. The van der Waals surface area contributed by atoms with Gasteiger partial charge in [-0.25, -0.2) is 4.98 Å². The van der Waals surface area contributed by atoms with Gasteiger partial charge in [0.2, 0.25) is 0 Å². The first-order chi connectivity index (χ1) is 15.0. The van der Waals surface area contributed by atoms with Crippen LogP contribution < -0.4 is 5.32 Å². The number of hydrogen-bond donors (Lipinski definition) is 1. The lowest BCUT2D eigenvalue weighted by Gasteiger charge is -2.21. The van der Waals surface area contributed by atoms with Gasteiger partial charge < -0.3 is 10.2 Å². The van der Waals surface area contributed by atoms with Gasteiger partial charge in [0.15, 0.2) is 0 Å². The van der Waals surface area contributed by atoms with Crippen molar-refractivity contribution in [3.8, 4) is 0 Å². The minimum atomic E-state index is 0.359. The van der Waals surface area contributed by atoms with E-state index in [-0.39, 0.29) is 0 Å². The van der Waals surface area contributed by atoms with Gasteiger partial charge in [-0.3, -0.25) is 0 Å². The fraction of sp³-hybridized carbons (Fsp3) is 0.346. The quantitative estimate of drug-likeness (QED) is 0.340. The van der Waals surface area contributed by atoms with Gasteiger partial charge in [-0.1, -0.05) is 61.3 Å². The fourth-order valence-corrected chi connectivity index (χ4v) is 4.08. The smallest absolute Gasteiger partial charge is 0.0744 e. The zero-order valence-electron chi connectivity index (χ0n) is 18.5. The van der Waals surface area contributed by atoms with Crippen molar-refractivity contribution < 1.29 is 0 Å². The number of pyridine rings is 1. The Bertz CT molecular complexity index is 1030. The van der Waals surface area contributed by atoms with Gasteiger partial charge in [-0.05, 0) is 81.4 Å². The average molecular weight is 456 g/mol. The van der Waals surface area contributed by atoms with Crippen LogP contribution >= 0.6 is 23.2 Å². The van der Waals surface area contributed by atoms with Crippen LogP contribution in [0.15, 0.2) is 48.5 Å². The summed E-state index contributed by atoms with van der Waals surface area (Å²) in [7, 11) is 0. The Morgan fingerprint density at radius 1 is 1.03 bits per heavy atom. The Labute approximate surface area is 196 Å². The predicted molar refractivity (Wildman–Crippen MR) is 137 cm³/mol. The second kappa shape index (κ2) is 11.5. The molecule has 0 aliphatic heterocycles. The first-order valence-corrected chi connectivity index (χ1v) is 11.8. The van der Waals surface area contributed by atoms with Gasteiger partial charge in [0.25, 0.3) is 0 Å². The molecule has 0 fully saturated rings. The highest BCUT2D eigenvalue weighted by molar-refractivity contribution is 6.32. The van der Waals surface area contributed by atoms with Gasteiger partial charge in [-0.2, -0.15) is 0 Å². The lowest BCUT2D eigenvalue weighted by molar-refractivity contribution is 0.295. The van der Waals surface area contributed by atoms with Gasteiger partial charge in [-0.15, -0.1) is 0 Å². The van der Waals surface area contributed by atoms with Crippen LogP contribution in [0.2, 0.25) is 10.0 Å². The summed E-state index contributed by atoms with van der Waals surface area (Å²) in [6, 6.07) is 16.1. The monoisotopic (exact) mass is 455 g/mol. The van der Waals surface area contributed by atoms with E-state index in [0.29, 0.717) is 11.1 Å². The Hall–Kier alpha value is -2.07. The second-order valence-corrected chi connectivity index (χ2v) is 8.67. The SMILES string of the molecule is CCN(CC)CCC[C@H](C)Nc1cc(/C=C/c2ccccc2Cl)nc2cc(Cl)ccc12. The maximum Gasteiger partial charge on any atom is 0.0744 e. The van der Waals surface area contributed by atoms with Crippen molar-refractivity contribution in [1.82, 2.24) is 9.88 Å². The molecule has 3 aromatic rings. The molecule has 0 spiro atoms. The molecule has 31 heavy (non-hydrogen) atoms. The number of hydrogen-bond acceptors (Lipinski definition) is 3. The third-order valence-corrected chi connectivity index (χ3v) is 6.12. The molecule has 0 saturated heterocycles. The molecule has 2 aromatic carbocycles. The van der Waals surface area contributed by atoms with Gasteiger partial charge >= 0.3 is 0 Å². The molecule has 1 atom stereocenters. The minimum Gasteiger partial charge on any atom is -0.382 e. The number of anilines is 1. The zero-order valence-corrected chi connectivity index (χ0v) is 20.0. The molecule has 5 heteroatoms. The Kier molecular flexibility index (Phi) is 8.77. The Balaban J connectivity index is 1.81. The van der Waals surface area contributed by atoms with Crippen molar-refractivity contribution in [1.29, 1.82) is 0 Å².